The first-order valence-corrected chi connectivity index (χ1v) is 24.6. The first-order chi connectivity index (χ1) is 42.5. The fourth-order valence-electron chi connectivity index (χ4n) is 10.0. The van der Waals surface area contributed by atoms with Crippen LogP contribution in [0.4, 0.5) is 0 Å². The van der Waals surface area contributed by atoms with Crippen LogP contribution in [-0.4, -0.2) is 19.1 Å². The molecule has 375 valence electrons. The summed E-state index contributed by atoms with van der Waals surface area (Å²) in [6.45, 7) is -6.37. The third-order valence-electron chi connectivity index (χ3n) is 13.5. The third-order valence-corrected chi connectivity index (χ3v) is 13.5. The molecule has 0 saturated carbocycles. The van der Waals surface area contributed by atoms with Crippen molar-refractivity contribution in [2.24, 2.45) is 0 Å². The summed E-state index contributed by atoms with van der Waals surface area (Å²) < 4.78 is 144. The molecule has 12 rings (SSSR count). The first-order valence-electron chi connectivity index (χ1n) is 32.7. The molecule has 0 spiro atoms. The molecule has 9 aromatic carbocycles. The summed E-state index contributed by atoms with van der Waals surface area (Å²) in [5.41, 5.74) is 10.3. The van der Waals surface area contributed by atoms with E-state index in [1.54, 1.807) is 48.5 Å². The molecule has 5 nitrogen and oxygen atoms in total. The minimum absolute atomic E-state index is 0. The van der Waals surface area contributed by atoms with Crippen molar-refractivity contribution in [1.82, 2.24) is 19.1 Å². The molecule has 6 heteroatoms. The summed E-state index contributed by atoms with van der Waals surface area (Å²) in [4.78, 5) is 9.95. The standard InChI is InChI=1S/C37H31N2O.C32H31N2.Ir/c1-23(2)30-21-26(25-13-6-5-7-14-25)22-31(24(3)4)35(30)39-33-19-10-9-18-32(33)38-37(39)29-17-12-16-28-27-15-8-11-20-34(27)40-36(28)29;1-21(2)26-14-11-15-27(22(3)4)31(26)34-30-17-10-9-16-29(30)33-32(34)25-19-18-23(5)28(20-25)24-12-7-6-8-13-24;/h5-16,18-24H,1-4H3;6-18,20-22H,1-5H3;/q2*-1;/i;1D2,2D3,3D3,4D3,5D3,21D,22D;. The topological polar surface area (TPSA) is 48.8 Å². The quantitative estimate of drug-likeness (QED) is 0.128. The van der Waals surface area contributed by atoms with Gasteiger partial charge in [-0.15, -0.1) is 47.5 Å². The van der Waals surface area contributed by atoms with Crippen LogP contribution in [0.15, 0.2) is 192 Å². The van der Waals surface area contributed by atoms with E-state index < -0.39 is 62.9 Å². The number of aromatic nitrogens is 4. The zero-order chi connectivity index (χ0) is 64.6. The molecular formula is C69H62IrN4O-2. The van der Waals surface area contributed by atoms with Crippen molar-refractivity contribution in [3.8, 4) is 56.4 Å². The summed E-state index contributed by atoms with van der Waals surface area (Å²) in [5.74, 6) is -5.16. The normalized spacial score (nSPS) is 16.4. The molecule has 0 aliphatic carbocycles. The van der Waals surface area contributed by atoms with Crippen molar-refractivity contribution in [1.29, 1.82) is 0 Å². The first kappa shape index (κ1) is 34.8. The van der Waals surface area contributed by atoms with E-state index in [0.29, 0.717) is 17.4 Å². The molecule has 1 unspecified atom stereocenters. The van der Waals surface area contributed by atoms with Crippen molar-refractivity contribution >= 4 is 44.0 Å². The number of hydrogen-bond acceptors (Lipinski definition) is 3. The minimum Gasteiger partial charge on any atom is -0.501 e. The van der Waals surface area contributed by atoms with Gasteiger partial charge in [0.1, 0.15) is 5.58 Å². The molecule has 0 aliphatic heterocycles. The van der Waals surface area contributed by atoms with E-state index in [-0.39, 0.29) is 53.7 Å². The molecule has 12 aromatic rings. The van der Waals surface area contributed by atoms with Crippen LogP contribution < -0.4 is 0 Å². The van der Waals surface area contributed by atoms with Gasteiger partial charge in [0.25, 0.3) is 0 Å². The van der Waals surface area contributed by atoms with Gasteiger partial charge in [0.05, 0.1) is 39.3 Å². The molecule has 0 saturated heterocycles. The summed E-state index contributed by atoms with van der Waals surface area (Å²) in [5, 5.41) is 2.18. The van der Waals surface area contributed by atoms with Gasteiger partial charge in [-0.25, -0.2) is 0 Å². The van der Waals surface area contributed by atoms with Crippen molar-refractivity contribution in [2.45, 2.75) is 85.6 Å². The molecule has 3 aromatic heterocycles. The molecule has 75 heavy (non-hydrogen) atoms. The Morgan fingerprint density at radius 2 is 1.11 bits per heavy atom. The van der Waals surface area contributed by atoms with Crippen LogP contribution in [0.3, 0.4) is 0 Å². The van der Waals surface area contributed by atoms with E-state index in [1.807, 2.05) is 18.2 Å². The Morgan fingerprint density at radius 3 is 1.75 bits per heavy atom. The minimum atomic E-state index is -3.55. The van der Waals surface area contributed by atoms with Crippen LogP contribution >= 0.6 is 0 Å². The molecule has 0 aliphatic rings. The number of hydrogen-bond donors (Lipinski definition) is 0. The Morgan fingerprint density at radius 1 is 0.533 bits per heavy atom. The van der Waals surface area contributed by atoms with Crippen LogP contribution in [0, 0.1) is 19.0 Å². The average Bonchev–Trinajstić information content (AvgIpc) is 1.70. The predicted octanol–water partition coefficient (Wildman–Crippen LogP) is 19.0. The van der Waals surface area contributed by atoms with Gasteiger partial charge < -0.3 is 13.6 Å². The van der Waals surface area contributed by atoms with E-state index in [9.17, 15) is 1.37 Å². The second kappa shape index (κ2) is 21.3. The number of fused-ring (bicyclic) bond motifs is 5. The van der Waals surface area contributed by atoms with Crippen LogP contribution in [0.5, 0.6) is 0 Å². The van der Waals surface area contributed by atoms with Crippen molar-refractivity contribution in [3.05, 3.63) is 228 Å². The predicted molar refractivity (Wildman–Crippen MR) is 310 cm³/mol. The van der Waals surface area contributed by atoms with Gasteiger partial charge in [-0.1, -0.05) is 200 Å². The molecule has 0 bridgehead atoms. The van der Waals surface area contributed by atoms with Crippen LogP contribution in [0.2, 0.25) is 0 Å². The fourth-order valence-corrected chi connectivity index (χ4v) is 10.0. The Balaban J connectivity index is 0.000000202. The van der Waals surface area contributed by atoms with E-state index >= 15 is 0 Å². The number of imidazole rings is 2. The van der Waals surface area contributed by atoms with Crippen molar-refractivity contribution in [2.75, 3.05) is 0 Å². The van der Waals surface area contributed by atoms with Crippen molar-refractivity contribution < 1.29 is 46.5 Å². The Hall–Kier alpha value is -7.63. The van der Waals surface area contributed by atoms with E-state index in [4.69, 9.17) is 34.9 Å². The monoisotopic (exact) mass is 1170 g/mol. The maximum Gasteiger partial charge on any atom is 0.120 e. The summed E-state index contributed by atoms with van der Waals surface area (Å²) in [7, 11) is 0. The van der Waals surface area contributed by atoms with Gasteiger partial charge in [0, 0.05) is 58.8 Å². The van der Waals surface area contributed by atoms with E-state index in [0.717, 1.165) is 62.6 Å². The molecule has 0 N–H and O–H groups in total. The van der Waals surface area contributed by atoms with Gasteiger partial charge in [-0.05, 0) is 105 Å². The number of para-hydroxylation sites is 6. The largest absolute Gasteiger partial charge is 0.501 e. The second-order valence-corrected chi connectivity index (χ2v) is 18.9. The zero-order valence-corrected chi connectivity index (χ0v) is 44.1. The van der Waals surface area contributed by atoms with Gasteiger partial charge in [-0.2, -0.15) is 0 Å². The zero-order valence-electron chi connectivity index (χ0n) is 57.7. The van der Waals surface area contributed by atoms with Gasteiger partial charge in [-0.3, -0.25) is 9.97 Å². The summed E-state index contributed by atoms with van der Waals surface area (Å²) >= 11 is 0. The Kier molecular flexibility index (Phi) is 9.88. The van der Waals surface area contributed by atoms with Crippen LogP contribution in [-0.2, 0) is 20.1 Å². The second-order valence-electron chi connectivity index (χ2n) is 18.9. The fraction of sp³-hybridized carbons (Fsp3) is 0.188. The Labute approximate surface area is 477 Å². The molecule has 1 atom stereocenters. The smallest absolute Gasteiger partial charge is 0.120 e. The number of nitrogens with zero attached hydrogens (tertiary/aromatic N) is 4. The number of rotatable bonds is 10. The number of furan rings is 1. The molecule has 0 amide bonds. The maximum atomic E-state index is 9.17. The number of benzene rings is 9. The van der Waals surface area contributed by atoms with Gasteiger partial charge in [0.15, 0.2) is 0 Å². The summed E-state index contributed by atoms with van der Waals surface area (Å²) in [6.07, 6.45) is 0. The van der Waals surface area contributed by atoms with E-state index in [1.165, 1.54) is 50.7 Å². The maximum absolute atomic E-state index is 9.17. The van der Waals surface area contributed by atoms with Crippen molar-refractivity contribution in [3.63, 3.8) is 0 Å². The third kappa shape index (κ3) is 9.47. The van der Waals surface area contributed by atoms with Crippen LogP contribution in [0.1, 0.15) is 128 Å². The van der Waals surface area contributed by atoms with E-state index in [2.05, 4.69) is 129 Å². The molecular weight excluding hydrogens is 1090 g/mol. The molecule has 1 radical (unpaired) electrons. The van der Waals surface area contributed by atoms with Crippen LogP contribution in [0.25, 0.3) is 100 Å². The average molecular weight is 1170 g/mol. The SMILES string of the molecule is CC(C)c1cc(-c2ccccc2)cc(C(C)C)c1-n1c(-c2[c-]ccc3c2oc2ccccc23)nc2ccccc21.[2H]C([2H])C([2H])(c1cccc(C([2H])(C([2H])([2H])[2H])C([2H])([2H])[2H])c1-n1c(-c2[c-]cc(C([2H])([2H])[2H])c(-c3ccccc3)c2)nc2ccccc21)C([2H])([2H])[2H].[Ir]. The number of aryl methyl sites for hydroxylation is 1. The van der Waals surface area contributed by atoms with Gasteiger partial charge in [0.2, 0.25) is 0 Å². The summed E-state index contributed by atoms with van der Waals surface area (Å²) in [6, 6.07) is 63.4. The van der Waals surface area contributed by atoms with Gasteiger partial charge >= 0.3 is 0 Å². The molecule has 3 heterocycles. The molecule has 0 fully saturated rings. The Bertz CT molecular complexity index is 4600.